The average Bonchev–Trinajstić information content (AvgIpc) is 2.72. The second kappa shape index (κ2) is 11.5. The summed E-state index contributed by atoms with van der Waals surface area (Å²) in [5.74, 6) is 0.0406. The summed E-state index contributed by atoms with van der Waals surface area (Å²) in [6.07, 6.45) is 9.81. The molecular weight excluding hydrogens is 336 g/mol. The van der Waals surface area contributed by atoms with E-state index in [2.05, 4.69) is 30.7 Å². The molecule has 1 aromatic carbocycles. The van der Waals surface area contributed by atoms with E-state index in [0.717, 1.165) is 36.1 Å². The van der Waals surface area contributed by atoms with E-state index >= 15 is 0 Å². The monoisotopic (exact) mass is 368 g/mol. The van der Waals surface area contributed by atoms with Crippen LogP contribution in [0, 0.1) is 5.92 Å². The van der Waals surface area contributed by atoms with Crippen molar-refractivity contribution in [1.29, 1.82) is 0 Å². The Labute approximate surface area is 163 Å². The predicted molar refractivity (Wildman–Crippen MR) is 110 cm³/mol. The maximum Gasteiger partial charge on any atom is 0.376 e. The Morgan fingerprint density at radius 1 is 1.07 bits per heavy atom. The van der Waals surface area contributed by atoms with Crippen LogP contribution in [0.2, 0.25) is 0 Å². The molecule has 146 valence electrons. The number of carbonyl (C=O) groups is 1. The van der Waals surface area contributed by atoms with Gasteiger partial charge in [-0.2, -0.15) is 0 Å². The minimum absolute atomic E-state index is 0.145. The molecule has 0 saturated carbocycles. The first kappa shape index (κ1) is 21.1. The minimum atomic E-state index is -0.443. The smallest absolute Gasteiger partial charge is 0.376 e. The Hall–Kier alpha value is -2.23. The number of rotatable bonds is 11. The van der Waals surface area contributed by atoms with Gasteiger partial charge in [-0.3, -0.25) is 0 Å². The predicted octanol–water partition coefficient (Wildman–Crippen LogP) is 5.86. The van der Waals surface area contributed by atoms with E-state index in [1.54, 1.807) is 6.20 Å². The van der Waals surface area contributed by atoms with E-state index in [0.29, 0.717) is 12.5 Å². The van der Waals surface area contributed by atoms with Gasteiger partial charge in [-0.05, 0) is 24.3 Å². The lowest BCUT2D eigenvalue weighted by molar-refractivity contribution is 0.0433. The van der Waals surface area contributed by atoms with Crippen LogP contribution < -0.4 is 0 Å². The molecule has 0 bridgehead atoms. The lowest BCUT2D eigenvalue weighted by Crippen LogP contribution is -2.15. The molecule has 0 aliphatic heterocycles. The van der Waals surface area contributed by atoms with Gasteiger partial charge in [0.05, 0.1) is 12.3 Å². The number of aromatic nitrogens is 2. The van der Waals surface area contributed by atoms with Crippen LogP contribution in [0.5, 0.6) is 0 Å². The highest BCUT2D eigenvalue weighted by atomic mass is 16.5. The molecule has 2 aromatic rings. The van der Waals surface area contributed by atoms with E-state index in [1.165, 1.54) is 25.7 Å². The van der Waals surface area contributed by atoms with Gasteiger partial charge in [-0.1, -0.05) is 83.2 Å². The van der Waals surface area contributed by atoms with Gasteiger partial charge in [0, 0.05) is 11.8 Å². The molecule has 1 unspecified atom stereocenters. The Morgan fingerprint density at radius 2 is 1.81 bits per heavy atom. The number of esters is 1. The van der Waals surface area contributed by atoms with Gasteiger partial charge >= 0.3 is 5.97 Å². The number of ether oxygens (including phenoxy) is 1. The summed E-state index contributed by atoms with van der Waals surface area (Å²) in [7, 11) is 0. The summed E-state index contributed by atoms with van der Waals surface area (Å²) in [4.78, 5) is 21.2. The molecule has 0 spiro atoms. The Kier molecular flexibility index (Phi) is 8.96. The first-order valence-corrected chi connectivity index (χ1v) is 10.2. The van der Waals surface area contributed by atoms with Gasteiger partial charge < -0.3 is 4.74 Å². The van der Waals surface area contributed by atoms with Crippen molar-refractivity contribution < 1.29 is 9.53 Å². The number of hydrogen-bond donors (Lipinski definition) is 0. The molecule has 0 amide bonds. The normalized spacial score (nSPS) is 12.0. The molecule has 0 radical (unpaired) electrons. The van der Waals surface area contributed by atoms with Crippen molar-refractivity contribution in [1.82, 2.24) is 9.97 Å². The third-order valence-electron chi connectivity index (χ3n) is 4.84. The van der Waals surface area contributed by atoms with Crippen LogP contribution in [-0.2, 0) is 11.2 Å². The summed E-state index contributed by atoms with van der Waals surface area (Å²) in [6, 6.07) is 10.0. The van der Waals surface area contributed by atoms with Crippen LogP contribution >= 0.6 is 0 Å². The van der Waals surface area contributed by atoms with Crippen molar-refractivity contribution in [3.05, 3.63) is 47.9 Å². The maximum absolute atomic E-state index is 12.3. The van der Waals surface area contributed by atoms with Crippen molar-refractivity contribution in [2.75, 3.05) is 6.61 Å². The lowest BCUT2D eigenvalue weighted by atomic mass is 10.0. The number of hydrogen-bond acceptors (Lipinski definition) is 4. The number of nitrogens with zero attached hydrogens (tertiary/aromatic N) is 2. The molecule has 2 rings (SSSR count). The van der Waals surface area contributed by atoms with Crippen LogP contribution in [0.1, 0.15) is 75.5 Å². The van der Waals surface area contributed by atoms with E-state index in [4.69, 9.17) is 4.74 Å². The zero-order valence-electron chi connectivity index (χ0n) is 16.9. The molecule has 1 aromatic heterocycles. The highest BCUT2D eigenvalue weighted by molar-refractivity contribution is 5.86. The Bertz CT molecular complexity index is 701. The highest BCUT2D eigenvalue weighted by Crippen LogP contribution is 2.23. The zero-order valence-corrected chi connectivity index (χ0v) is 16.9. The number of benzene rings is 1. The number of unbranched alkanes of at least 4 members (excludes halogenated alkanes) is 4. The van der Waals surface area contributed by atoms with Gasteiger partial charge in [0.25, 0.3) is 0 Å². The Morgan fingerprint density at radius 3 is 2.52 bits per heavy atom. The summed E-state index contributed by atoms with van der Waals surface area (Å²) < 4.78 is 5.37. The molecule has 0 aliphatic carbocycles. The van der Waals surface area contributed by atoms with E-state index in [-0.39, 0.29) is 5.82 Å². The first-order valence-electron chi connectivity index (χ1n) is 10.2. The van der Waals surface area contributed by atoms with Crippen molar-refractivity contribution in [3.63, 3.8) is 0 Å². The summed E-state index contributed by atoms with van der Waals surface area (Å²) in [5.41, 5.74) is 2.95. The molecule has 0 aliphatic rings. The summed E-state index contributed by atoms with van der Waals surface area (Å²) >= 11 is 0. The third-order valence-corrected chi connectivity index (χ3v) is 4.84. The minimum Gasteiger partial charge on any atom is -0.460 e. The molecule has 0 N–H and O–H groups in total. The molecule has 4 nitrogen and oxygen atoms in total. The fraction of sp³-hybridized carbons (Fsp3) is 0.522. The molecule has 0 fully saturated rings. The molecule has 4 heteroatoms. The largest absolute Gasteiger partial charge is 0.460 e. The third kappa shape index (κ3) is 6.78. The highest BCUT2D eigenvalue weighted by Gasteiger charge is 2.16. The quantitative estimate of drug-likeness (QED) is 0.368. The topological polar surface area (TPSA) is 52.1 Å². The van der Waals surface area contributed by atoms with E-state index in [9.17, 15) is 4.79 Å². The number of carbonyl (C=O) groups excluding carboxylic acids is 1. The fourth-order valence-corrected chi connectivity index (χ4v) is 2.85. The first-order chi connectivity index (χ1) is 13.2. The zero-order chi connectivity index (χ0) is 19.5. The van der Waals surface area contributed by atoms with E-state index in [1.807, 2.05) is 30.3 Å². The lowest BCUT2D eigenvalue weighted by Gasteiger charge is -2.12. The average molecular weight is 369 g/mol. The van der Waals surface area contributed by atoms with E-state index < -0.39 is 5.97 Å². The molecule has 1 heterocycles. The van der Waals surface area contributed by atoms with Crippen molar-refractivity contribution in [2.24, 2.45) is 5.92 Å². The van der Waals surface area contributed by atoms with Gasteiger partial charge in [-0.15, -0.1) is 0 Å². The van der Waals surface area contributed by atoms with Gasteiger partial charge in [-0.25, -0.2) is 14.8 Å². The van der Waals surface area contributed by atoms with Crippen LogP contribution in [0.3, 0.4) is 0 Å². The van der Waals surface area contributed by atoms with Crippen molar-refractivity contribution in [2.45, 2.75) is 65.7 Å². The van der Waals surface area contributed by atoms with Crippen LogP contribution in [0.4, 0.5) is 0 Å². The fourth-order valence-electron chi connectivity index (χ4n) is 2.85. The van der Waals surface area contributed by atoms with Gasteiger partial charge in [0.1, 0.15) is 0 Å². The number of aryl methyl sites for hydroxylation is 1. The van der Waals surface area contributed by atoms with Crippen molar-refractivity contribution in [3.8, 4) is 11.3 Å². The molecular formula is C23H32N2O2. The summed E-state index contributed by atoms with van der Waals surface area (Å²) in [5, 5.41) is 0. The molecule has 1 atom stereocenters. The second-order valence-electron chi connectivity index (χ2n) is 7.21. The van der Waals surface area contributed by atoms with Crippen LogP contribution in [0.25, 0.3) is 11.3 Å². The second-order valence-corrected chi connectivity index (χ2v) is 7.21. The Balaban J connectivity index is 2.15. The molecule has 0 saturated heterocycles. The van der Waals surface area contributed by atoms with Crippen LogP contribution in [-0.4, -0.2) is 22.5 Å². The van der Waals surface area contributed by atoms with Crippen LogP contribution in [0.15, 0.2) is 36.5 Å². The van der Waals surface area contributed by atoms with Gasteiger partial charge in [0.15, 0.2) is 0 Å². The summed E-state index contributed by atoms with van der Waals surface area (Å²) in [6.45, 7) is 6.77. The van der Waals surface area contributed by atoms with Gasteiger partial charge in [0.2, 0.25) is 5.82 Å². The standard InChI is InChI=1S/C23H32N2O2/c1-4-6-7-8-10-15-20-16-24-22(23(26)27-17-18(3)5-2)25-21(20)19-13-11-9-12-14-19/h9,11-14,16,18H,4-8,10,15,17H2,1-3H3. The molecule has 27 heavy (non-hydrogen) atoms. The SMILES string of the molecule is CCCCCCCc1cnc(C(=O)OCC(C)CC)nc1-c1ccccc1. The van der Waals surface area contributed by atoms with Crippen molar-refractivity contribution >= 4 is 5.97 Å². The maximum atomic E-state index is 12.3.